The first kappa shape index (κ1) is 21.2. The SMILES string of the molecule is CN=C(NCc1cccn1C)NCC1CCCN(C)C1c1cccs1.I. The fourth-order valence-electron chi connectivity index (χ4n) is 3.69. The van der Waals surface area contributed by atoms with Crippen LogP contribution >= 0.6 is 35.3 Å². The molecule has 144 valence electrons. The zero-order valence-corrected chi connectivity index (χ0v) is 19.0. The van der Waals surface area contributed by atoms with E-state index in [0.717, 1.165) is 19.0 Å². The summed E-state index contributed by atoms with van der Waals surface area (Å²) < 4.78 is 2.13. The van der Waals surface area contributed by atoms with Gasteiger partial charge in [-0.25, -0.2) is 0 Å². The third kappa shape index (κ3) is 5.23. The fourth-order valence-corrected chi connectivity index (χ4v) is 4.67. The highest BCUT2D eigenvalue weighted by Gasteiger charge is 2.31. The van der Waals surface area contributed by atoms with Crippen molar-refractivity contribution in [2.24, 2.45) is 18.0 Å². The van der Waals surface area contributed by atoms with Crippen LogP contribution in [0.15, 0.2) is 40.8 Å². The van der Waals surface area contributed by atoms with Crippen molar-refractivity contribution in [2.75, 3.05) is 27.2 Å². The Morgan fingerprint density at radius 1 is 1.27 bits per heavy atom. The first-order valence-corrected chi connectivity index (χ1v) is 9.85. The molecule has 0 saturated carbocycles. The number of piperidine rings is 1. The topological polar surface area (TPSA) is 44.6 Å². The predicted molar refractivity (Wildman–Crippen MR) is 121 cm³/mol. The third-order valence-corrected chi connectivity index (χ3v) is 6.03. The Labute approximate surface area is 177 Å². The molecule has 0 amide bonds. The van der Waals surface area contributed by atoms with Gasteiger partial charge in [0.1, 0.15) is 0 Å². The van der Waals surface area contributed by atoms with Crippen LogP contribution in [0.2, 0.25) is 0 Å². The number of aromatic nitrogens is 1. The van der Waals surface area contributed by atoms with Gasteiger partial charge in [-0.1, -0.05) is 6.07 Å². The number of likely N-dealkylation sites (tertiary alicyclic amines) is 1. The zero-order chi connectivity index (χ0) is 17.6. The number of halogens is 1. The van der Waals surface area contributed by atoms with Gasteiger partial charge in [0.2, 0.25) is 0 Å². The van der Waals surface area contributed by atoms with Crippen molar-refractivity contribution in [3.05, 3.63) is 46.4 Å². The minimum atomic E-state index is 0. The van der Waals surface area contributed by atoms with Crippen LogP contribution in [-0.4, -0.2) is 42.6 Å². The van der Waals surface area contributed by atoms with E-state index in [4.69, 9.17) is 0 Å². The lowest BCUT2D eigenvalue weighted by atomic mass is 9.88. The zero-order valence-electron chi connectivity index (χ0n) is 15.8. The van der Waals surface area contributed by atoms with Crippen LogP contribution in [0.1, 0.15) is 29.5 Å². The quantitative estimate of drug-likeness (QED) is 0.386. The van der Waals surface area contributed by atoms with Gasteiger partial charge in [-0.05, 0) is 55.9 Å². The Bertz CT molecular complexity index is 682. The Kier molecular flexibility index (Phi) is 8.43. The summed E-state index contributed by atoms with van der Waals surface area (Å²) in [6.07, 6.45) is 4.59. The maximum absolute atomic E-state index is 4.38. The largest absolute Gasteiger partial charge is 0.356 e. The van der Waals surface area contributed by atoms with Crippen molar-refractivity contribution in [1.29, 1.82) is 0 Å². The van der Waals surface area contributed by atoms with E-state index in [9.17, 15) is 0 Å². The number of rotatable bonds is 5. The Morgan fingerprint density at radius 2 is 2.12 bits per heavy atom. The molecule has 1 aliphatic rings. The molecule has 0 spiro atoms. The second kappa shape index (κ2) is 10.3. The summed E-state index contributed by atoms with van der Waals surface area (Å²) in [5, 5.41) is 9.14. The smallest absolute Gasteiger partial charge is 0.191 e. The van der Waals surface area contributed by atoms with Gasteiger partial charge in [-0.15, -0.1) is 35.3 Å². The van der Waals surface area contributed by atoms with Crippen molar-refractivity contribution in [3.8, 4) is 0 Å². The monoisotopic (exact) mass is 487 g/mol. The molecule has 7 heteroatoms. The van der Waals surface area contributed by atoms with Gasteiger partial charge in [-0.2, -0.15) is 0 Å². The van der Waals surface area contributed by atoms with Crippen molar-refractivity contribution in [3.63, 3.8) is 0 Å². The van der Waals surface area contributed by atoms with Crippen molar-refractivity contribution in [2.45, 2.75) is 25.4 Å². The molecular formula is C19H30IN5S. The van der Waals surface area contributed by atoms with E-state index in [-0.39, 0.29) is 24.0 Å². The molecule has 0 aliphatic carbocycles. The molecule has 1 fully saturated rings. The van der Waals surface area contributed by atoms with Crippen LogP contribution < -0.4 is 10.6 Å². The molecule has 1 saturated heterocycles. The average molecular weight is 487 g/mol. The molecule has 0 bridgehead atoms. The second-order valence-corrected chi connectivity index (χ2v) is 7.74. The highest BCUT2D eigenvalue weighted by atomic mass is 127. The normalized spacial score (nSPS) is 21.3. The molecule has 3 rings (SSSR count). The summed E-state index contributed by atoms with van der Waals surface area (Å²) in [6.45, 7) is 2.90. The highest BCUT2D eigenvalue weighted by Crippen LogP contribution is 2.36. The van der Waals surface area contributed by atoms with E-state index in [1.54, 1.807) is 0 Å². The molecular weight excluding hydrogens is 457 g/mol. The van der Waals surface area contributed by atoms with Crippen molar-refractivity contribution in [1.82, 2.24) is 20.1 Å². The van der Waals surface area contributed by atoms with E-state index < -0.39 is 0 Å². The lowest BCUT2D eigenvalue weighted by Crippen LogP contribution is -2.44. The van der Waals surface area contributed by atoms with E-state index in [1.165, 1.54) is 30.0 Å². The van der Waals surface area contributed by atoms with Gasteiger partial charge in [0.25, 0.3) is 0 Å². The lowest BCUT2D eigenvalue weighted by Gasteiger charge is -2.39. The summed E-state index contributed by atoms with van der Waals surface area (Å²) in [5.74, 6) is 1.48. The minimum Gasteiger partial charge on any atom is -0.356 e. The third-order valence-electron chi connectivity index (χ3n) is 5.09. The predicted octanol–water partition coefficient (Wildman–Crippen LogP) is 3.45. The molecule has 26 heavy (non-hydrogen) atoms. The number of nitrogens with one attached hydrogen (secondary N) is 2. The summed E-state index contributed by atoms with van der Waals surface area (Å²) >= 11 is 1.87. The maximum atomic E-state index is 4.38. The number of aryl methyl sites for hydroxylation is 1. The number of thiophene rings is 1. The number of guanidine groups is 1. The summed E-state index contributed by atoms with van der Waals surface area (Å²) in [6, 6.07) is 9.13. The van der Waals surface area contributed by atoms with Crippen molar-refractivity contribution >= 4 is 41.3 Å². The number of nitrogens with zero attached hydrogens (tertiary/aromatic N) is 3. The second-order valence-electron chi connectivity index (χ2n) is 6.76. The molecule has 0 aromatic carbocycles. The van der Waals surface area contributed by atoms with Gasteiger partial charge in [0.15, 0.2) is 5.96 Å². The molecule has 5 nitrogen and oxygen atoms in total. The summed E-state index contributed by atoms with van der Waals surface area (Å²) in [7, 11) is 6.15. The highest BCUT2D eigenvalue weighted by molar-refractivity contribution is 14.0. The van der Waals surface area contributed by atoms with Crippen LogP contribution in [0, 0.1) is 5.92 Å². The summed E-state index contributed by atoms with van der Waals surface area (Å²) in [4.78, 5) is 8.36. The molecule has 0 radical (unpaired) electrons. The molecule has 1 aliphatic heterocycles. The molecule has 2 unspecified atom stereocenters. The van der Waals surface area contributed by atoms with Crippen LogP contribution in [0.4, 0.5) is 0 Å². The van der Waals surface area contributed by atoms with Gasteiger partial charge in [0, 0.05) is 43.4 Å². The van der Waals surface area contributed by atoms with Crippen molar-refractivity contribution < 1.29 is 0 Å². The fraction of sp³-hybridized carbons (Fsp3) is 0.526. The van der Waals surface area contributed by atoms with E-state index in [2.05, 4.69) is 75.0 Å². The molecule has 2 atom stereocenters. The lowest BCUT2D eigenvalue weighted by molar-refractivity contribution is 0.125. The van der Waals surface area contributed by atoms with Gasteiger partial charge < -0.3 is 15.2 Å². The average Bonchev–Trinajstić information content (AvgIpc) is 3.27. The standard InChI is InChI=1S/C19H29N5S.HI/c1-20-19(22-14-16-8-5-10-23(16)2)21-13-15-7-4-11-24(3)18(15)17-9-6-12-25-17;/h5-6,8-10,12,15,18H,4,7,11,13-14H2,1-3H3,(H2,20,21,22);1H. The van der Waals surface area contributed by atoms with E-state index in [1.807, 2.05) is 18.4 Å². The number of aliphatic imine (C=N–C) groups is 1. The van der Waals surface area contributed by atoms with Gasteiger partial charge in [-0.3, -0.25) is 9.89 Å². The van der Waals surface area contributed by atoms with E-state index in [0.29, 0.717) is 12.0 Å². The van der Waals surface area contributed by atoms with Crippen LogP contribution in [0.25, 0.3) is 0 Å². The first-order valence-electron chi connectivity index (χ1n) is 8.97. The molecule has 2 aromatic rings. The minimum absolute atomic E-state index is 0. The number of hydrogen-bond acceptors (Lipinski definition) is 3. The molecule has 2 N–H and O–H groups in total. The maximum Gasteiger partial charge on any atom is 0.191 e. The van der Waals surface area contributed by atoms with Crippen LogP contribution in [-0.2, 0) is 13.6 Å². The van der Waals surface area contributed by atoms with E-state index >= 15 is 0 Å². The Morgan fingerprint density at radius 3 is 2.77 bits per heavy atom. The summed E-state index contributed by atoms with van der Waals surface area (Å²) in [5.41, 5.74) is 1.25. The van der Waals surface area contributed by atoms with Crippen LogP contribution in [0.3, 0.4) is 0 Å². The van der Waals surface area contributed by atoms with Crippen LogP contribution in [0.5, 0.6) is 0 Å². The van der Waals surface area contributed by atoms with Gasteiger partial charge in [0.05, 0.1) is 6.54 Å². The Hall–Kier alpha value is -1.06. The first-order chi connectivity index (χ1) is 12.2. The molecule has 3 heterocycles. The van der Waals surface area contributed by atoms with Gasteiger partial charge >= 0.3 is 0 Å². The Balaban J connectivity index is 0.00000243. The number of hydrogen-bond donors (Lipinski definition) is 2. The molecule has 2 aromatic heterocycles.